The molecule has 4 heteroatoms. The molecule has 0 spiro atoms. The Labute approximate surface area is 80.0 Å². The number of pyridine rings is 1. The number of nitrogens with zero attached hydrogens (tertiary/aromatic N) is 1. The minimum Gasteiger partial charge on any atom is -0.395 e. The van der Waals surface area contributed by atoms with E-state index in [2.05, 4.69) is 26.2 Å². The number of hydrogen-bond acceptors (Lipinski definition) is 3. The van der Waals surface area contributed by atoms with Crippen LogP contribution >= 0.6 is 15.9 Å². The highest BCUT2D eigenvalue weighted by atomic mass is 79.9. The predicted molar refractivity (Wildman–Crippen MR) is 52.2 cm³/mol. The highest BCUT2D eigenvalue weighted by molar-refractivity contribution is 9.10. The summed E-state index contributed by atoms with van der Waals surface area (Å²) in [6.45, 7) is 2.65. The molecule has 1 heterocycles. The van der Waals surface area contributed by atoms with Gasteiger partial charge >= 0.3 is 0 Å². The maximum absolute atomic E-state index is 8.55. The summed E-state index contributed by atoms with van der Waals surface area (Å²) in [6, 6.07) is 1.93. The van der Waals surface area contributed by atoms with Crippen molar-refractivity contribution < 1.29 is 5.11 Å². The van der Waals surface area contributed by atoms with E-state index in [9.17, 15) is 0 Å². The van der Waals surface area contributed by atoms with Gasteiger partial charge in [0.25, 0.3) is 0 Å². The Bertz CT molecular complexity index is 265. The summed E-state index contributed by atoms with van der Waals surface area (Å²) in [6.07, 6.45) is 1.75. The predicted octanol–water partition coefficient (Wildman–Crippen LogP) is 1.56. The van der Waals surface area contributed by atoms with E-state index < -0.39 is 0 Å². The van der Waals surface area contributed by atoms with Crippen molar-refractivity contribution in [3.8, 4) is 0 Å². The Balaban J connectivity index is 2.69. The van der Waals surface area contributed by atoms with Crippen molar-refractivity contribution in [1.82, 2.24) is 4.98 Å². The van der Waals surface area contributed by atoms with Crippen LogP contribution in [0.25, 0.3) is 0 Å². The molecule has 0 aliphatic heterocycles. The summed E-state index contributed by atoms with van der Waals surface area (Å²) >= 11 is 3.36. The van der Waals surface area contributed by atoms with E-state index in [4.69, 9.17) is 5.11 Å². The number of aromatic nitrogens is 1. The lowest BCUT2D eigenvalue weighted by Gasteiger charge is -2.04. The van der Waals surface area contributed by atoms with Crippen LogP contribution in [0.1, 0.15) is 5.56 Å². The molecule has 0 radical (unpaired) electrons. The first-order chi connectivity index (χ1) is 5.74. The van der Waals surface area contributed by atoms with E-state index in [0.717, 1.165) is 15.9 Å². The molecule has 0 saturated carbocycles. The van der Waals surface area contributed by atoms with Gasteiger partial charge in [-0.1, -0.05) is 0 Å². The zero-order valence-electron chi connectivity index (χ0n) is 6.84. The molecule has 66 valence electrons. The van der Waals surface area contributed by atoms with Crippen LogP contribution in [0.3, 0.4) is 0 Å². The van der Waals surface area contributed by atoms with Crippen LogP contribution in [0, 0.1) is 6.92 Å². The first-order valence-electron chi connectivity index (χ1n) is 3.71. The summed E-state index contributed by atoms with van der Waals surface area (Å²) in [5.74, 6) is 0.796. The van der Waals surface area contributed by atoms with E-state index in [1.807, 2.05) is 13.0 Å². The molecule has 0 aliphatic rings. The Morgan fingerprint density at radius 1 is 1.67 bits per heavy atom. The summed E-state index contributed by atoms with van der Waals surface area (Å²) in [5, 5.41) is 11.5. The van der Waals surface area contributed by atoms with Crippen LogP contribution in [0.5, 0.6) is 0 Å². The summed E-state index contributed by atoms with van der Waals surface area (Å²) in [4.78, 5) is 4.11. The molecule has 0 fully saturated rings. The second-order valence-corrected chi connectivity index (χ2v) is 3.32. The van der Waals surface area contributed by atoms with Crippen LogP contribution in [0.15, 0.2) is 16.7 Å². The number of nitrogens with one attached hydrogen (secondary N) is 1. The number of aliphatic hydroxyl groups excluding tert-OH is 1. The maximum Gasteiger partial charge on any atom is 0.126 e. The van der Waals surface area contributed by atoms with Crippen molar-refractivity contribution in [3.63, 3.8) is 0 Å². The quantitative estimate of drug-likeness (QED) is 0.829. The first-order valence-corrected chi connectivity index (χ1v) is 4.50. The number of aliphatic hydroxyl groups is 1. The molecular formula is C8H11BrN2O. The highest BCUT2D eigenvalue weighted by Crippen LogP contribution is 2.16. The molecule has 0 unspecified atom stereocenters. The Hall–Kier alpha value is -0.610. The molecule has 3 nitrogen and oxygen atoms in total. The van der Waals surface area contributed by atoms with Crippen molar-refractivity contribution in [1.29, 1.82) is 0 Å². The third-order valence-electron chi connectivity index (χ3n) is 1.46. The molecule has 1 rings (SSSR count). The molecule has 2 N–H and O–H groups in total. The van der Waals surface area contributed by atoms with Crippen LogP contribution in [0.2, 0.25) is 0 Å². The van der Waals surface area contributed by atoms with Crippen molar-refractivity contribution in [2.24, 2.45) is 0 Å². The molecule has 0 amide bonds. The summed E-state index contributed by atoms with van der Waals surface area (Å²) in [7, 11) is 0. The molecule has 1 aromatic rings. The molecule has 12 heavy (non-hydrogen) atoms. The van der Waals surface area contributed by atoms with Gasteiger partial charge in [-0.2, -0.15) is 0 Å². The molecular weight excluding hydrogens is 220 g/mol. The second-order valence-electron chi connectivity index (χ2n) is 2.47. The Morgan fingerprint density at radius 2 is 2.42 bits per heavy atom. The van der Waals surface area contributed by atoms with Gasteiger partial charge in [-0.05, 0) is 34.5 Å². The summed E-state index contributed by atoms with van der Waals surface area (Å²) in [5.41, 5.74) is 1.13. The Morgan fingerprint density at radius 3 is 3.00 bits per heavy atom. The normalized spacial score (nSPS) is 9.92. The van der Waals surface area contributed by atoms with Gasteiger partial charge in [0, 0.05) is 17.2 Å². The lowest BCUT2D eigenvalue weighted by molar-refractivity contribution is 0.311. The van der Waals surface area contributed by atoms with Crippen molar-refractivity contribution >= 4 is 21.7 Å². The Kier molecular flexibility index (Phi) is 3.49. The van der Waals surface area contributed by atoms with Crippen molar-refractivity contribution in [2.45, 2.75) is 6.92 Å². The van der Waals surface area contributed by atoms with Gasteiger partial charge in [-0.25, -0.2) is 4.98 Å². The zero-order valence-corrected chi connectivity index (χ0v) is 8.43. The topological polar surface area (TPSA) is 45.1 Å². The fourth-order valence-corrected chi connectivity index (χ4v) is 1.04. The van der Waals surface area contributed by atoms with E-state index >= 15 is 0 Å². The molecule has 0 aliphatic carbocycles. The number of rotatable bonds is 3. The van der Waals surface area contributed by atoms with Crippen molar-refractivity contribution in [3.05, 3.63) is 22.3 Å². The lowest BCUT2D eigenvalue weighted by atomic mass is 10.3. The minimum atomic E-state index is 0.122. The van der Waals surface area contributed by atoms with E-state index in [1.54, 1.807) is 6.20 Å². The monoisotopic (exact) mass is 230 g/mol. The van der Waals surface area contributed by atoms with Crippen LogP contribution in [-0.4, -0.2) is 23.2 Å². The van der Waals surface area contributed by atoms with Crippen LogP contribution in [-0.2, 0) is 0 Å². The smallest absolute Gasteiger partial charge is 0.126 e. The number of halogens is 1. The second kappa shape index (κ2) is 4.42. The SMILES string of the molecule is Cc1cc(NCCO)ncc1Br. The molecule has 0 saturated heterocycles. The minimum absolute atomic E-state index is 0.122. The average molecular weight is 231 g/mol. The van der Waals surface area contributed by atoms with E-state index in [1.165, 1.54) is 0 Å². The molecule has 0 atom stereocenters. The van der Waals surface area contributed by atoms with Crippen molar-refractivity contribution in [2.75, 3.05) is 18.5 Å². The molecule has 1 aromatic heterocycles. The standard InChI is InChI=1S/C8H11BrN2O/c1-6-4-8(10-2-3-12)11-5-7(6)9/h4-5,12H,2-3H2,1H3,(H,10,11). The lowest BCUT2D eigenvalue weighted by Crippen LogP contribution is -2.06. The van der Waals surface area contributed by atoms with Crippen LogP contribution in [0.4, 0.5) is 5.82 Å². The number of anilines is 1. The van der Waals surface area contributed by atoms with Gasteiger partial charge in [0.15, 0.2) is 0 Å². The largest absolute Gasteiger partial charge is 0.395 e. The fourth-order valence-electron chi connectivity index (χ4n) is 0.820. The van der Waals surface area contributed by atoms with Gasteiger partial charge in [0.05, 0.1) is 6.61 Å². The van der Waals surface area contributed by atoms with E-state index in [-0.39, 0.29) is 6.61 Å². The van der Waals surface area contributed by atoms with Gasteiger partial charge < -0.3 is 10.4 Å². The third-order valence-corrected chi connectivity index (χ3v) is 2.30. The van der Waals surface area contributed by atoms with Gasteiger partial charge in [-0.15, -0.1) is 0 Å². The molecule has 0 aromatic carbocycles. The van der Waals surface area contributed by atoms with Gasteiger partial charge in [0.2, 0.25) is 0 Å². The summed E-state index contributed by atoms with van der Waals surface area (Å²) < 4.78 is 0.997. The highest BCUT2D eigenvalue weighted by Gasteiger charge is 1.96. The van der Waals surface area contributed by atoms with E-state index in [0.29, 0.717) is 6.54 Å². The van der Waals surface area contributed by atoms with Gasteiger partial charge in [-0.3, -0.25) is 0 Å². The van der Waals surface area contributed by atoms with Gasteiger partial charge in [0.1, 0.15) is 5.82 Å². The maximum atomic E-state index is 8.55. The zero-order chi connectivity index (χ0) is 8.97. The third kappa shape index (κ3) is 2.46. The first kappa shape index (κ1) is 9.48. The number of aryl methyl sites for hydroxylation is 1. The molecule has 0 bridgehead atoms. The average Bonchev–Trinajstić information content (AvgIpc) is 2.07. The fraction of sp³-hybridized carbons (Fsp3) is 0.375. The number of hydrogen-bond donors (Lipinski definition) is 2. The van der Waals surface area contributed by atoms with Crippen LogP contribution < -0.4 is 5.32 Å².